The third-order valence-corrected chi connectivity index (χ3v) is 5.18. The Morgan fingerprint density at radius 3 is 3.15 bits per heavy atom. The number of amides is 1. The molecule has 2 aromatic heterocycles. The van der Waals surface area contributed by atoms with Crippen molar-refractivity contribution in [2.24, 2.45) is 5.92 Å². The van der Waals surface area contributed by atoms with Crippen molar-refractivity contribution in [3.8, 4) is 0 Å². The Morgan fingerprint density at radius 2 is 2.38 bits per heavy atom. The second-order valence-electron chi connectivity index (χ2n) is 7.19. The Labute approximate surface area is 152 Å². The molecule has 0 aromatic carbocycles. The maximum atomic E-state index is 12.4. The lowest BCUT2D eigenvalue weighted by Crippen LogP contribution is -2.42. The first-order chi connectivity index (χ1) is 12.7. The Morgan fingerprint density at radius 1 is 1.46 bits per heavy atom. The summed E-state index contributed by atoms with van der Waals surface area (Å²) in [5.74, 6) is 1.26. The van der Waals surface area contributed by atoms with Crippen LogP contribution in [-0.2, 0) is 22.6 Å². The number of aryl methyl sites for hydroxylation is 1. The smallest absolute Gasteiger partial charge is 0.249 e. The highest BCUT2D eigenvalue weighted by Gasteiger charge is 2.41. The van der Waals surface area contributed by atoms with Crippen molar-refractivity contribution in [1.29, 1.82) is 0 Å². The molecule has 0 saturated carbocycles. The summed E-state index contributed by atoms with van der Waals surface area (Å²) in [6.45, 7) is 4.99. The van der Waals surface area contributed by atoms with E-state index in [9.17, 15) is 4.79 Å². The summed E-state index contributed by atoms with van der Waals surface area (Å²) in [7, 11) is 0. The molecule has 0 unspecified atom stereocenters. The number of nitrogens with zero attached hydrogens (tertiary/aromatic N) is 3. The van der Waals surface area contributed by atoms with Crippen LogP contribution in [0.15, 0.2) is 35.1 Å². The zero-order valence-corrected chi connectivity index (χ0v) is 14.9. The lowest BCUT2D eigenvalue weighted by Gasteiger charge is -2.33. The largest absolute Gasteiger partial charge is 0.364 e. The van der Waals surface area contributed by atoms with Crippen LogP contribution in [0, 0.1) is 12.8 Å². The number of rotatable bonds is 5. The first-order valence-corrected chi connectivity index (χ1v) is 9.14. The highest BCUT2D eigenvalue weighted by Crippen LogP contribution is 2.33. The summed E-state index contributed by atoms with van der Waals surface area (Å²) >= 11 is 0. The number of hydrogen-bond donors (Lipinski definition) is 1. The van der Waals surface area contributed by atoms with Crippen LogP contribution in [0.4, 0.5) is 0 Å². The summed E-state index contributed by atoms with van der Waals surface area (Å²) in [4.78, 5) is 18.8. The van der Waals surface area contributed by atoms with Crippen LogP contribution >= 0.6 is 0 Å². The Bertz CT molecular complexity index is 748. The minimum Gasteiger partial charge on any atom is -0.364 e. The molecule has 4 heterocycles. The summed E-state index contributed by atoms with van der Waals surface area (Å²) in [5, 5.41) is 7.03. The van der Waals surface area contributed by atoms with Gasteiger partial charge >= 0.3 is 0 Å². The number of carbonyl (C=O) groups excluding carboxylic acids is 1. The maximum absolute atomic E-state index is 12.4. The number of aromatic nitrogens is 2. The van der Waals surface area contributed by atoms with Gasteiger partial charge in [-0.15, -0.1) is 0 Å². The zero-order valence-electron chi connectivity index (χ0n) is 14.9. The monoisotopic (exact) mass is 356 g/mol. The number of fused-ring (bicyclic) bond motifs is 1. The molecule has 1 N–H and O–H groups in total. The summed E-state index contributed by atoms with van der Waals surface area (Å²) < 4.78 is 11.2. The van der Waals surface area contributed by atoms with E-state index in [1.807, 2.05) is 25.1 Å². The topological polar surface area (TPSA) is 80.5 Å². The molecule has 2 saturated heterocycles. The van der Waals surface area contributed by atoms with E-state index >= 15 is 0 Å². The number of ether oxygens (including phenoxy) is 1. The van der Waals surface area contributed by atoms with Crippen LogP contribution in [0.25, 0.3) is 0 Å². The fourth-order valence-corrected chi connectivity index (χ4v) is 3.83. The van der Waals surface area contributed by atoms with Crippen molar-refractivity contribution >= 4 is 5.91 Å². The van der Waals surface area contributed by atoms with Crippen LogP contribution in [0.1, 0.15) is 29.9 Å². The molecule has 2 aromatic rings. The van der Waals surface area contributed by atoms with E-state index in [1.54, 1.807) is 12.4 Å². The predicted molar refractivity (Wildman–Crippen MR) is 94.0 cm³/mol. The standard InChI is InChI=1S/C19H24N4O3/c1-13-7-16(22-26-13)11-23-6-4-15-8-17(25-18(15)12-23)19(24)21-10-14-3-2-5-20-9-14/h2-3,5,7,9,15,17-18H,4,6,8,10-12H2,1H3,(H,21,24)/t15-,17+,18+/m1/s1. The van der Waals surface area contributed by atoms with E-state index in [0.717, 1.165) is 49.5 Å². The minimum atomic E-state index is -0.351. The van der Waals surface area contributed by atoms with Crippen molar-refractivity contribution in [1.82, 2.24) is 20.4 Å². The van der Waals surface area contributed by atoms with E-state index < -0.39 is 0 Å². The second-order valence-corrected chi connectivity index (χ2v) is 7.19. The first kappa shape index (κ1) is 17.2. The van der Waals surface area contributed by atoms with E-state index in [4.69, 9.17) is 9.26 Å². The molecule has 26 heavy (non-hydrogen) atoms. The van der Waals surface area contributed by atoms with Crippen molar-refractivity contribution in [2.45, 2.75) is 45.1 Å². The third kappa shape index (κ3) is 3.94. The number of nitrogens with one attached hydrogen (secondary N) is 1. The Balaban J connectivity index is 1.28. The van der Waals surface area contributed by atoms with E-state index in [0.29, 0.717) is 12.5 Å². The molecule has 4 rings (SSSR count). The van der Waals surface area contributed by atoms with Gasteiger partial charge in [-0.05, 0) is 43.9 Å². The molecule has 7 heteroatoms. The van der Waals surface area contributed by atoms with Gasteiger partial charge in [-0.1, -0.05) is 11.2 Å². The van der Waals surface area contributed by atoms with Crippen molar-refractivity contribution in [3.63, 3.8) is 0 Å². The minimum absolute atomic E-state index is 0.0260. The quantitative estimate of drug-likeness (QED) is 0.878. The average molecular weight is 356 g/mol. The lowest BCUT2D eigenvalue weighted by atomic mass is 9.91. The van der Waals surface area contributed by atoms with E-state index in [-0.39, 0.29) is 18.1 Å². The molecule has 2 aliphatic rings. The molecule has 7 nitrogen and oxygen atoms in total. The predicted octanol–water partition coefficient (Wildman–Crippen LogP) is 1.67. The second kappa shape index (κ2) is 7.55. The van der Waals surface area contributed by atoms with Gasteiger partial charge in [0.15, 0.2) is 0 Å². The summed E-state index contributed by atoms with van der Waals surface area (Å²) in [6.07, 6.45) is 5.11. The number of carbonyl (C=O) groups is 1. The molecule has 0 bridgehead atoms. The van der Waals surface area contributed by atoms with Crippen molar-refractivity contribution in [3.05, 3.63) is 47.6 Å². The van der Waals surface area contributed by atoms with Gasteiger partial charge in [0, 0.05) is 38.1 Å². The molecule has 138 valence electrons. The van der Waals surface area contributed by atoms with Gasteiger partial charge in [0.1, 0.15) is 11.9 Å². The van der Waals surface area contributed by atoms with Crippen LogP contribution in [0.2, 0.25) is 0 Å². The molecule has 2 fully saturated rings. The van der Waals surface area contributed by atoms with Gasteiger partial charge in [0.05, 0.1) is 11.8 Å². The van der Waals surface area contributed by atoms with Gasteiger partial charge < -0.3 is 14.6 Å². The lowest BCUT2D eigenvalue weighted by molar-refractivity contribution is -0.133. The molecule has 2 aliphatic heterocycles. The van der Waals surface area contributed by atoms with Gasteiger partial charge in [-0.25, -0.2) is 0 Å². The van der Waals surface area contributed by atoms with Gasteiger partial charge in [0.2, 0.25) is 5.91 Å². The van der Waals surface area contributed by atoms with Crippen LogP contribution < -0.4 is 5.32 Å². The molecular weight excluding hydrogens is 332 g/mol. The highest BCUT2D eigenvalue weighted by molar-refractivity contribution is 5.81. The molecule has 3 atom stereocenters. The van der Waals surface area contributed by atoms with Crippen molar-refractivity contribution < 1.29 is 14.1 Å². The van der Waals surface area contributed by atoms with Gasteiger partial charge in [0.25, 0.3) is 0 Å². The fraction of sp³-hybridized carbons (Fsp3) is 0.526. The molecule has 0 radical (unpaired) electrons. The summed E-state index contributed by atoms with van der Waals surface area (Å²) in [6, 6.07) is 5.79. The molecule has 0 spiro atoms. The maximum Gasteiger partial charge on any atom is 0.249 e. The number of hydrogen-bond acceptors (Lipinski definition) is 6. The molecular formula is C19H24N4O3. The molecule has 0 aliphatic carbocycles. The van der Waals surface area contributed by atoms with Gasteiger partial charge in [-0.3, -0.25) is 14.7 Å². The van der Waals surface area contributed by atoms with Crippen LogP contribution in [0.3, 0.4) is 0 Å². The van der Waals surface area contributed by atoms with E-state index in [1.165, 1.54) is 0 Å². The summed E-state index contributed by atoms with van der Waals surface area (Å²) in [5.41, 5.74) is 1.94. The Kier molecular flexibility index (Phi) is 4.99. The SMILES string of the molecule is Cc1cc(CN2CC[C@@H]3C[C@@H](C(=O)NCc4cccnc4)O[C@H]3C2)no1. The number of likely N-dealkylation sites (tertiary alicyclic amines) is 1. The highest BCUT2D eigenvalue weighted by atomic mass is 16.5. The van der Waals surface area contributed by atoms with Crippen LogP contribution in [0.5, 0.6) is 0 Å². The zero-order chi connectivity index (χ0) is 17.9. The van der Waals surface area contributed by atoms with Crippen molar-refractivity contribution in [2.75, 3.05) is 13.1 Å². The normalized spacial score (nSPS) is 25.8. The third-order valence-electron chi connectivity index (χ3n) is 5.18. The number of pyridine rings is 1. The molecule has 1 amide bonds. The van der Waals surface area contributed by atoms with Crippen LogP contribution in [-0.4, -0.2) is 46.2 Å². The van der Waals surface area contributed by atoms with Gasteiger partial charge in [-0.2, -0.15) is 0 Å². The Hall–Kier alpha value is -2.25. The fourth-order valence-electron chi connectivity index (χ4n) is 3.83. The van der Waals surface area contributed by atoms with E-state index in [2.05, 4.69) is 20.4 Å². The number of piperidine rings is 1. The average Bonchev–Trinajstić information content (AvgIpc) is 3.26. The first-order valence-electron chi connectivity index (χ1n) is 9.14.